The maximum Gasteiger partial charge on any atom is 0.514 e. The first-order valence-corrected chi connectivity index (χ1v) is 7.42. The molecule has 1 aliphatic heterocycles. The van der Waals surface area contributed by atoms with E-state index in [4.69, 9.17) is 0 Å². The molecular formula is C18H20NO2+. The van der Waals surface area contributed by atoms with Crippen molar-refractivity contribution in [1.82, 2.24) is 0 Å². The van der Waals surface area contributed by atoms with Gasteiger partial charge in [-0.2, -0.15) is 4.79 Å². The maximum atomic E-state index is 12.1. The highest BCUT2D eigenvalue weighted by Gasteiger charge is 2.48. The summed E-state index contributed by atoms with van der Waals surface area (Å²) in [6.45, 7) is 3.20. The van der Waals surface area contributed by atoms with Crippen LogP contribution in [0.5, 0.6) is 0 Å². The van der Waals surface area contributed by atoms with Gasteiger partial charge < -0.3 is 5.11 Å². The zero-order chi connectivity index (χ0) is 14.9. The molecule has 0 aromatic heterocycles. The van der Waals surface area contributed by atoms with Gasteiger partial charge in [-0.05, 0) is 12.5 Å². The lowest BCUT2D eigenvalue weighted by molar-refractivity contribution is -0.882. The summed E-state index contributed by atoms with van der Waals surface area (Å²) in [7, 11) is 0. The van der Waals surface area contributed by atoms with Gasteiger partial charge in [0.25, 0.3) is 0 Å². The highest BCUT2D eigenvalue weighted by molar-refractivity contribution is 5.59. The van der Waals surface area contributed by atoms with E-state index in [9.17, 15) is 9.90 Å². The molecule has 1 heterocycles. The molecule has 21 heavy (non-hydrogen) atoms. The van der Waals surface area contributed by atoms with Gasteiger partial charge in [-0.1, -0.05) is 54.6 Å². The summed E-state index contributed by atoms with van der Waals surface area (Å²) >= 11 is 0. The predicted octanol–water partition coefficient (Wildman–Crippen LogP) is 3.85. The number of carbonyl (C=O) groups is 1. The smallest absolute Gasteiger partial charge is 0.435 e. The zero-order valence-corrected chi connectivity index (χ0v) is 12.2. The number of rotatable bonds is 2. The fourth-order valence-corrected chi connectivity index (χ4v) is 3.53. The van der Waals surface area contributed by atoms with Crippen LogP contribution in [0, 0.1) is 0 Å². The number of amides is 1. The Hall–Kier alpha value is -2.13. The van der Waals surface area contributed by atoms with Crippen LogP contribution < -0.4 is 0 Å². The molecule has 0 saturated heterocycles. The number of hydrogen-bond donors (Lipinski definition) is 1. The highest BCUT2D eigenvalue weighted by Crippen LogP contribution is 2.40. The van der Waals surface area contributed by atoms with Crippen molar-refractivity contribution in [2.45, 2.75) is 19.4 Å². The van der Waals surface area contributed by atoms with Crippen molar-refractivity contribution in [3.8, 4) is 0 Å². The predicted molar refractivity (Wildman–Crippen MR) is 82.1 cm³/mol. The van der Waals surface area contributed by atoms with Crippen LogP contribution in [-0.4, -0.2) is 28.8 Å². The molecule has 2 aromatic rings. The van der Waals surface area contributed by atoms with Crippen molar-refractivity contribution in [2.24, 2.45) is 0 Å². The summed E-state index contributed by atoms with van der Waals surface area (Å²) in [6, 6.07) is 18.1. The molecule has 0 spiro atoms. The van der Waals surface area contributed by atoms with E-state index in [1.807, 2.05) is 49.4 Å². The largest absolute Gasteiger partial charge is 0.514 e. The first-order valence-electron chi connectivity index (χ1n) is 7.42. The van der Waals surface area contributed by atoms with Crippen molar-refractivity contribution in [3.05, 3.63) is 71.3 Å². The molecule has 0 saturated carbocycles. The third-order valence-corrected chi connectivity index (χ3v) is 4.68. The third kappa shape index (κ3) is 2.14. The molecule has 3 rings (SSSR count). The van der Waals surface area contributed by atoms with Gasteiger partial charge >= 0.3 is 6.09 Å². The molecule has 3 nitrogen and oxygen atoms in total. The van der Waals surface area contributed by atoms with E-state index < -0.39 is 6.09 Å². The Labute approximate surface area is 125 Å². The van der Waals surface area contributed by atoms with Crippen LogP contribution in [0.15, 0.2) is 54.6 Å². The number of fused-ring (bicyclic) bond motifs is 1. The van der Waals surface area contributed by atoms with E-state index in [1.54, 1.807) is 0 Å². The fourth-order valence-electron chi connectivity index (χ4n) is 3.53. The molecule has 3 heteroatoms. The number of quaternary nitrogens is 1. The average Bonchev–Trinajstić information content (AvgIpc) is 2.54. The second-order valence-corrected chi connectivity index (χ2v) is 5.62. The van der Waals surface area contributed by atoms with Crippen molar-refractivity contribution in [3.63, 3.8) is 0 Å². The molecule has 1 unspecified atom stereocenters. The zero-order valence-electron chi connectivity index (χ0n) is 12.2. The van der Waals surface area contributed by atoms with Crippen LogP contribution in [0.4, 0.5) is 4.79 Å². The third-order valence-electron chi connectivity index (χ3n) is 4.68. The minimum Gasteiger partial charge on any atom is -0.435 e. The fraction of sp³-hybridized carbons (Fsp3) is 0.278. The molecular weight excluding hydrogens is 262 g/mol. The lowest BCUT2D eigenvalue weighted by Gasteiger charge is -2.43. The monoisotopic (exact) mass is 282 g/mol. The Morgan fingerprint density at radius 1 is 1.14 bits per heavy atom. The van der Waals surface area contributed by atoms with Gasteiger partial charge in [0.2, 0.25) is 0 Å². The van der Waals surface area contributed by atoms with Crippen molar-refractivity contribution in [1.29, 1.82) is 0 Å². The Balaban J connectivity index is 2.23. The van der Waals surface area contributed by atoms with Gasteiger partial charge in [-0.15, -0.1) is 0 Å². The van der Waals surface area contributed by atoms with Crippen molar-refractivity contribution in [2.75, 3.05) is 13.1 Å². The minimum absolute atomic E-state index is 0.0844. The Bertz CT molecular complexity index is 653. The molecule has 1 N–H and O–H groups in total. The minimum atomic E-state index is -0.735. The Morgan fingerprint density at radius 3 is 2.48 bits per heavy atom. The second-order valence-electron chi connectivity index (χ2n) is 5.62. The number of benzene rings is 2. The SMILES string of the molecule is CC[N@+]1(C(=O)O)CCc2ccccc2C1c1ccccc1. The molecule has 0 aliphatic carbocycles. The van der Waals surface area contributed by atoms with E-state index in [2.05, 4.69) is 12.1 Å². The van der Waals surface area contributed by atoms with Crippen molar-refractivity contribution >= 4 is 6.09 Å². The standard InChI is InChI=1S/C18H19NO2/c1-2-19(18(20)21)13-12-14-8-6-7-11-16(14)17(19)15-9-4-3-5-10-15/h3-11,17H,2,12-13H2,1H3/p+1/t17?,19-/m0/s1. The van der Waals surface area contributed by atoms with Crippen LogP contribution in [0.2, 0.25) is 0 Å². The lowest BCUT2D eigenvalue weighted by Crippen LogP contribution is -2.57. The van der Waals surface area contributed by atoms with Gasteiger partial charge in [0.15, 0.2) is 6.04 Å². The van der Waals surface area contributed by atoms with Crippen LogP contribution in [0.25, 0.3) is 0 Å². The molecule has 0 fully saturated rings. The number of nitrogens with zero attached hydrogens (tertiary/aromatic N) is 1. The average molecular weight is 282 g/mol. The topological polar surface area (TPSA) is 37.3 Å². The maximum absolute atomic E-state index is 12.1. The van der Waals surface area contributed by atoms with Crippen molar-refractivity contribution < 1.29 is 14.4 Å². The normalized spacial score (nSPS) is 24.3. The molecule has 108 valence electrons. The number of carboxylic acid groups (broad SMARTS) is 1. The van der Waals surface area contributed by atoms with Gasteiger partial charge in [-0.3, -0.25) is 0 Å². The van der Waals surface area contributed by atoms with E-state index in [-0.39, 0.29) is 10.5 Å². The van der Waals surface area contributed by atoms with Crippen LogP contribution in [0.1, 0.15) is 29.7 Å². The number of hydrogen-bond acceptors (Lipinski definition) is 1. The summed E-state index contributed by atoms with van der Waals surface area (Å²) in [5.41, 5.74) is 3.50. The summed E-state index contributed by atoms with van der Waals surface area (Å²) in [4.78, 5) is 12.1. The highest BCUT2D eigenvalue weighted by atomic mass is 16.4. The lowest BCUT2D eigenvalue weighted by atomic mass is 9.86. The molecule has 1 amide bonds. The quantitative estimate of drug-likeness (QED) is 0.850. The van der Waals surface area contributed by atoms with Gasteiger partial charge in [0.1, 0.15) is 0 Å². The Kier molecular flexibility index (Phi) is 3.52. The molecule has 2 aromatic carbocycles. The van der Waals surface area contributed by atoms with E-state index in [0.717, 1.165) is 17.5 Å². The van der Waals surface area contributed by atoms with Gasteiger partial charge in [-0.25, -0.2) is 4.48 Å². The first-order chi connectivity index (χ1) is 10.2. The summed E-state index contributed by atoms with van der Waals surface area (Å²) < 4.78 is 0.0844. The summed E-state index contributed by atoms with van der Waals surface area (Å²) in [6.07, 6.45) is 0.0838. The van der Waals surface area contributed by atoms with Crippen LogP contribution in [-0.2, 0) is 6.42 Å². The van der Waals surface area contributed by atoms with E-state index >= 15 is 0 Å². The second kappa shape index (κ2) is 5.34. The van der Waals surface area contributed by atoms with Crippen LogP contribution >= 0.6 is 0 Å². The first kappa shape index (κ1) is 13.8. The van der Waals surface area contributed by atoms with Crippen LogP contribution in [0.3, 0.4) is 0 Å². The Morgan fingerprint density at radius 2 is 1.81 bits per heavy atom. The van der Waals surface area contributed by atoms with Gasteiger partial charge in [0, 0.05) is 17.5 Å². The number of likely N-dealkylation sites (N-methyl/N-ethyl adjacent to an activating group) is 1. The van der Waals surface area contributed by atoms with E-state index in [0.29, 0.717) is 13.1 Å². The van der Waals surface area contributed by atoms with Gasteiger partial charge in [0.05, 0.1) is 13.1 Å². The molecule has 0 bridgehead atoms. The summed E-state index contributed by atoms with van der Waals surface area (Å²) in [5.74, 6) is 0. The van der Waals surface area contributed by atoms with E-state index in [1.165, 1.54) is 5.56 Å². The summed E-state index contributed by atoms with van der Waals surface area (Å²) in [5, 5.41) is 9.92. The molecule has 1 aliphatic rings. The molecule has 0 radical (unpaired) electrons. The molecule has 2 atom stereocenters.